The van der Waals surface area contributed by atoms with Gasteiger partial charge < -0.3 is 14.6 Å². The first-order valence-corrected chi connectivity index (χ1v) is 5.25. The fourth-order valence-corrected chi connectivity index (χ4v) is 1.54. The standard InChI is InChI=1S/C11H11BrO4/c1-15-7-16-10-4-2-8(6-9(10)12)3-5-11(13)14/h2-6H,7H2,1H3,(H,13,14)/b5-3+. The Balaban J connectivity index is 2.78. The minimum atomic E-state index is -0.976. The third kappa shape index (κ3) is 4.04. The van der Waals surface area contributed by atoms with Gasteiger partial charge in [-0.3, -0.25) is 0 Å². The highest BCUT2D eigenvalue weighted by molar-refractivity contribution is 9.10. The molecule has 0 spiro atoms. The summed E-state index contributed by atoms with van der Waals surface area (Å²) in [6.07, 6.45) is 2.59. The third-order valence-corrected chi connectivity index (χ3v) is 2.33. The first-order chi connectivity index (χ1) is 7.63. The third-order valence-electron chi connectivity index (χ3n) is 1.71. The molecule has 0 atom stereocenters. The van der Waals surface area contributed by atoms with E-state index in [-0.39, 0.29) is 6.79 Å². The van der Waals surface area contributed by atoms with Gasteiger partial charge in [-0.2, -0.15) is 0 Å². The van der Waals surface area contributed by atoms with Crippen LogP contribution in [0.5, 0.6) is 5.75 Å². The minimum absolute atomic E-state index is 0.170. The number of ether oxygens (including phenoxy) is 2. The van der Waals surface area contributed by atoms with Crippen molar-refractivity contribution in [3.05, 3.63) is 34.3 Å². The minimum Gasteiger partial charge on any atom is -0.478 e. The van der Waals surface area contributed by atoms with Crippen molar-refractivity contribution in [2.75, 3.05) is 13.9 Å². The molecule has 0 heterocycles. The SMILES string of the molecule is COCOc1ccc(/C=C/C(=O)O)cc1Br. The van der Waals surface area contributed by atoms with Gasteiger partial charge in [0.25, 0.3) is 0 Å². The van der Waals surface area contributed by atoms with Crippen LogP contribution in [0.25, 0.3) is 6.08 Å². The van der Waals surface area contributed by atoms with Crippen molar-refractivity contribution in [3.63, 3.8) is 0 Å². The summed E-state index contributed by atoms with van der Waals surface area (Å²) in [5, 5.41) is 8.48. The van der Waals surface area contributed by atoms with Gasteiger partial charge in [-0.25, -0.2) is 4.79 Å². The average molecular weight is 287 g/mol. The van der Waals surface area contributed by atoms with Crippen LogP contribution in [0.3, 0.4) is 0 Å². The zero-order valence-electron chi connectivity index (χ0n) is 8.64. The molecule has 0 aromatic heterocycles. The molecule has 1 N–H and O–H groups in total. The van der Waals surface area contributed by atoms with Gasteiger partial charge in [0.2, 0.25) is 0 Å². The Kier molecular flexibility index (Phi) is 5.01. The Bertz CT molecular complexity index is 401. The zero-order valence-corrected chi connectivity index (χ0v) is 10.2. The van der Waals surface area contributed by atoms with Gasteiger partial charge in [-0.1, -0.05) is 6.07 Å². The van der Waals surface area contributed by atoms with Crippen LogP contribution in [-0.2, 0) is 9.53 Å². The number of carbonyl (C=O) groups is 1. The van der Waals surface area contributed by atoms with Crippen molar-refractivity contribution in [1.29, 1.82) is 0 Å². The topological polar surface area (TPSA) is 55.8 Å². The van der Waals surface area contributed by atoms with Crippen LogP contribution in [0, 0.1) is 0 Å². The van der Waals surface area contributed by atoms with Crippen molar-refractivity contribution >= 4 is 28.0 Å². The number of aliphatic carboxylic acids is 1. The summed E-state index contributed by atoms with van der Waals surface area (Å²) in [6.45, 7) is 0.170. The number of methoxy groups -OCH3 is 1. The summed E-state index contributed by atoms with van der Waals surface area (Å²) in [7, 11) is 1.54. The second-order valence-electron chi connectivity index (χ2n) is 2.91. The maximum Gasteiger partial charge on any atom is 0.328 e. The molecule has 16 heavy (non-hydrogen) atoms. The van der Waals surface area contributed by atoms with Crippen molar-refractivity contribution in [2.45, 2.75) is 0 Å². The summed E-state index contributed by atoms with van der Waals surface area (Å²) in [6, 6.07) is 5.27. The van der Waals surface area contributed by atoms with E-state index in [9.17, 15) is 4.79 Å². The molecule has 1 aromatic rings. The van der Waals surface area contributed by atoms with E-state index < -0.39 is 5.97 Å². The normalized spacial score (nSPS) is 10.6. The quantitative estimate of drug-likeness (QED) is 0.668. The number of carboxylic acids is 1. The maximum absolute atomic E-state index is 10.3. The predicted molar refractivity (Wildman–Crippen MR) is 63.3 cm³/mol. The molecule has 0 saturated carbocycles. The van der Waals surface area contributed by atoms with E-state index in [1.54, 1.807) is 18.2 Å². The van der Waals surface area contributed by atoms with Gasteiger partial charge in [-0.05, 0) is 39.7 Å². The molecule has 86 valence electrons. The Morgan fingerprint density at radius 2 is 2.31 bits per heavy atom. The Morgan fingerprint density at radius 1 is 1.56 bits per heavy atom. The number of hydrogen-bond acceptors (Lipinski definition) is 3. The first-order valence-electron chi connectivity index (χ1n) is 4.46. The molecular formula is C11H11BrO4. The summed E-state index contributed by atoms with van der Waals surface area (Å²) in [4.78, 5) is 10.3. The molecule has 1 rings (SSSR count). The smallest absolute Gasteiger partial charge is 0.328 e. The number of benzene rings is 1. The molecule has 4 nitrogen and oxygen atoms in total. The second kappa shape index (κ2) is 6.30. The fourth-order valence-electron chi connectivity index (χ4n) is 1.03. The molecular weight excluding hydrogens is 276 g/mol. The van der Waals surface area contributed by atoms with E-state index in [1.165, 1.54) is 13.2 Å². The Morgan fingerprint density at radius 3 is 2.88 bits per heavy atom. The summed E-state index contributed by atoms with van der Waals surface area (Å²) in [5.41, 5.74) is 0.777. The molecule has 5 heteroatoms. The Labute approximate surface area is 102 Å². The van der Waals surface area contributed by atoms with E-state index in [2.05, 4.69) is 15.9 Å². The molecule has 0 fully saturated rings. The summed E-state index contributed by atoms with van der Waals surface area (Å²) >= 11 is 3.32. The highest BCUT2D eigenvalue weighted by Gasteiger charge is 2.01. The molecule has 0 saturated heterocycles. The number of carboxylic acid groups (broad SMARTS) is 1. The van der Waals surface area contributed by atoms with Crippen molar-refractivity contribution in [3.8, 4) is 5.75 Å². The van der Waals surface area contributed by atoms with Crippen molar-refractivity contribution in [1.82, 2.24) is 0 Å². The van der Waals surface area contributed by atoms with E-state index in [4.69, 9.17) is 14.6 Å². The number of rotatable bonds is 5. The van der Waals surface area contributed by atoms with Crippen LogP contribution in [-0.4, -0.2) is 25.0 Å². The van der Waals surface area contributed by atoms with Crippen LogP contribution >= 0.6 is 15.9 Å². The van der Waals surface area contributed by atoms with Crippen LogP contribution < -0.4 is 4.74 Å². The van der Waals surface area contributed by atoms with Crippen molar-refractivity contribution < 1.29 is 19.4 Å². The average Bonchev–Trinajstić information content (AvgIpc) is 2.25. The van der Waals surface area contributed by atoms with Crippen molar-refractivity contribution in [2.24, 2.45) is 0 Å². The predicted octanol–water partition coefficient (Wildman–Crippen LogP) is 2.53. The van der Waals surface area contributed by atoms with Gasteiger partial charge in [-0.15, -0.1) is 0 Å². The van der Waals surface area contributed by atoms with Gasteiger partial charge in [0.1, 0.15) is 5.75 Å². The van der Waals surface area contributed by atoms with Crippen LogP contribution in [0.2, 0.25) is 0 Å². The molecule has 0 bridgehead atoms. The van der Waals surface area contributed by atoms with E-state index >= 15 is 0 Å². The molecule has 0 unspecified atom stereocenters. The lowest BCUT2D eigenvalue weighted by molar-refractivity contribution is -0.131. The maximum atomic E-state index is 10.3. The number of hydrogen-bond donors (Lipinski definition) is 1. The van der Waals surface area contributed by atoms with Crippen LogP contribution in [0.1, 0.15) is 5.56 Å². The number of halogens is 1. The monoisotopic (exact) mass is 286 g/mol. The molecule has 0 aliphatic rings. The van der Waals surface area contributed by atoms with E-state index in [1.807, 2.05) is 0 Å². The lowest BCUT2D eigenvalue weighted by Crippen LogP contribution is -1.99. The largest absolute Gasteiger partial charge is 0.478 e. The van der Waals surface area contributed by atoms with Gasteiger partial charge >= 0.3 is 5.97 Å². The molecule has 0 aliphatic carbocycles. The molecule has 1 aromatic carbocycles. The lowest BCUT2D eigenvalue weighted by Gasteiger charge is -2.07. The van der Waals surface area contributed by atoms with Crippen LogP contribution in [0.15, 0.2) is 28.7 Å². The molecule has 0 aliphatic heterocycles. The Hall–Kier alpha value is -1.33. The van der Waals surface area contributed by atoms with Gasteiger partial charge in [0.05, 0.1) is 4.47 Å². The summed E-state index contributed by atoms with van der Waals surface area (Å²) < 4.78 is 10.8. The highest BCUT2D eigenvalue weighted by Crippen LogP contribution is 2.26. The molecule has 0 radical (unpaired) electrons. The van der Waals surface area contributed by atoms with Gasteiger partial charge in [0, 0.05) is 13.2 Å². The second-order valence-corrected chi connectivity index (χ2v) is 3.77. The summed E-state index contributed by atoms with van der Waals surface area (Å²) in [5.74, 6) is -0.329. The zero-order chi connectivity index (χ0) is 12.0. The first kappa shape index (κ1) is 12.7. The highest BCUT2D eigenvalue weighted by atomic mass is 79.9. The van der Waals surface area contributed by atoms with E-state index in [0.717, 1.165) is 16.1 Å². The molecule has 0 amide bonds. The lowest BCUT2D eigenvalue weighted by atomic mass is 10.2. The van der Waals surface area contributed by atoms with E-state index in [0.29, 0.717) is 5.75 Å². The fraction of sp³-hybridized carbons (Fsp3) is 0.182. The van der Waals surface area contributed by atoms with Crippen LogP contribution in [0.4, 0.5) is 0 Å². The van der Waals surface area contributed by atoms with Gasteiger partial charge in [0.15, 0.2) is 6.79 Å².